The third kappa shape index (κ3) is 4.63. The molecular weight excluding hydrogens is 582 g/mol. The molecule has 4 heterocycles. The highest BCUT2D eigenvalue weighted by atomic mass is 16.5. The lowest BCUT2D eigenvalue weighted by molar-refractivity contribution is -0.145. The van der Waals surface area contributed by atoms with E-state index in [1.807, 2.05) is 112 Å². The fourth-order valence-electron chi connectivity index (χ4n) is 7.75. The summed E-state index contributed by atoms with van der Waals surface area (Å²) in [6.45, 7) is 6.56. The summed E-state index contributed by atoms with van der Waals surface area (Å²) in [7, 11) is 0. The lowest BCUT2D eigenvalue weighted by Crippen LogP contribution is -2.59. The lowest BCUT2D eigenvalue weighted by Gasteiger charge is -2.39. The van der Waals surface area contributed by atoms with E-state index in [0.717, 1.165) is 10.8 Å². The predicted octanol–water partition coefficient (Wildman–Crippen LogP) is 4.34. The number of anilines is 2. The highest BCUT2D eigenvalue weighted by Gasteiger charge is 2.72. The van der Waals surface area contributed by atoms with Gasteiger partial charge in [0.15, 0.2) is 0 Å². The molecule has 3 aromatic carbocycles. The number of carbonyl (C=O) groups is 3. The second-order valence-corrected chi connectivity index (χ2v) is 12.8. The Hall–Kier alpha value is -4.47. The number of aliphatic hydroxyl groups is 1. The molecule has 4 aliphatic heterocycles. The number of aliphatic hydroxyl groups excluding tert-OH is 1. The molecule has 46 heavy (non-hydrogen) atoms. The van der Waals surface area contributed by atoms with Crippen molar-refractivity contribution in [1.29, 1.82) is 0 Å². The Morgan fingerprint density at radius 2 is 1.59 bits per heavy atom. The van der Waals surface area contributed by atoms with Crippen LogP contribution in [0.25, 0.3) is 10.8 Å². The third-order valence-corrected chi connectivity index (χ3v) is 9.91. The van der Waals surface area contributed by atoms with Gasteiger partial charge in [0.25, 0.3) is 5.91 Å². The van der Waals surface area contributed by atoms with E-state index < -0.39 is 35.6 Å². The average molecular weight is 622 g/mol. The summed E-state index contributed by atoms with van der Waals surface area (Å²) in [6, 6.07) is 19.4. The summed E-state index contributed by atoms with van der Waals surface area (Å²) in [5, 5.41) is 12.6. The summed E-state index contributed by atoms with van der Waals surface area (Å²) in [4.78, 5) is 48.9. The van der Waals surface area contributed by atoms with E-state index >= 15 is 0 Å². The fraction of sp³-hybridized carbons (Fsp3) is 0.378. The number of ether oxygens (including phenoxy) is 2. The first-order valence-corrected chi connectivity index (χ1v) is 16.1. The number of benzene rings is 3. The van der Waals surface area contributed by atoms with Gasteiger partial charge in [-0.3, -0.25) is 14.4 Å². The number of hydrogen-bond donors (Lipinski definition) is 1. The van der Waals surface area contributed by atoms with E-state index in [1.165, 1.54) is 4.90 Å². The van der Waals surface area contributed by atoms with Gasteiger partial charge in [-0.25, -0.2) is 0 Å². The molecular formula is C37H39N3O6. The average Bonchev–Trinajstić information content (AvgIpc) is 3.37. The minimum absolute atomic E-state index is 0.153. The van der Waals surface area contributed by atoms with Crippen molar-refractivity contribution in [2.45, 2.75) is 44.6 Å². The Kier molecular flexibility index (Phi) is 7.69. The van der Waals surface area contributed by atoms with E-state index in [0.29, 0.717) is 30.3 Å². The van der Waals surface area contributed by atoms with Crippen LogP contribution >= 0.6 is 0 Å². The van der Waals surface area contributed by atoms with Crippen molar-refractivity contribution in [2.75, 3.05) is 36.1 Å². The van der Waals surface area contributed by atoms with Crippen LogP contribution in [0.1, 0.15) is 20.8 Å². The molecule has 2 fully saturated rings. The first-order chi connectivity index (χ1) is 22.3. The normalized spacial score (nSPS) is 27.9. The zero-order chi connectivity index (χ0) is 32.2. The van der Waals surface area contributed by atoms with Gasteiger partial charge in [0.1, 0.15) is 17.4 Å². The van der Waals surface area contributed by atoms with Gasteiger partial charge in [0, 0.05) is 24.5 Å². The fourth-order valence-corrected chi connectivity index (χ4v) is 7.75. The molecule has 7 rings (SSSR count). The van der Waals surface area contributed by atoms with Crippen molar-refractivity contribution >= 4 is 39.9 Å². The monoisotopic (exact) mass is 621 g/mol. The maximum Gasteiger partial charge on any atom is 0.253 e. The van der Waals surface area contributed by atoms with Gasteiger partial charge in [0.2, 0.25) is 11.8 Å². The maximum absolute atomic E-state index is 14.8. The topological polar surface area (TPSA) is 99.6 Å². The van der Waals surface area contributed by atoms with Gasteiger partial charge in [-0.15, -0.1) is 0 Å². The van der Waals surface area contributed by atoms with E-state index in [2.05, 4.69) is 0 Å². The van der Waals surface area contributed by atoms with Gasteiger partial charge in [-0.05, 0) is 60.0 Å². The van der Waals surface area contributed by atoms with Gasteiger partial charge in [-0.2, -0.15) is 0 Å². The van der Waals surface area contributed by atoms with Gasteiger partial charge < -0.3 is 29.3 Å². The molecule has 3 amide bonds. The van der Waals surface area contributed by atoms with Crippen molar-refractivity contribution in [3.63, 3.8) is 0 Å². The molecule has 1 unspecified atom stereocenters. The molecule has 1 N–H and O–H groups in total. The summed E-state index contributed by atoms with van der Waals surface area (Å²) < 4.78 is 12.4. The number of rotatable bonds is 7. The van der Waals surface area contributed by atoms with Crippen LogP contribution < -0.4 is 14.5 Å². The van der Waals surface area contributed by atoms with E-state index in [1.54, 1.807) is 9.80 Å². The number of hydrogen-bond acceptors (Lipinski definition) is 6. The second-order valence-electron chi connectivity index (χ2n) is 12.8. The van der Waals surface area contributed by atoms with Crippen molar-refractivity contribution in [1.82, 2.24) is 4.90 Å². The molecule has 238 valence electrons. The maximum atomic E-state index is 14.8. The summed E-state index contributed by atoms with van der Waals surface area (Å²) in [6.07, 6.45) is 6.77. The van der Waals surface area contributed by atoms with Gasteiger partial charge >= 0.3 is 0 Å². The van der Waals surface area contributed by atoms with Crippen molar-refractivity contribution in [3.05, 3.63) is 91.0 Å². The molecule has 0 aliphatic carbocycles. The molecule has 1 spiro atoms. The van der Waals surface area contributed by atoms with Crippen LogP contribution in [-0.2, 0) is 19.1 Å². The standard InChI is InChI=1S/C37H39N3O6/c1-4-45-28-16-14-26(15-17-28)38-19-7-11-30-31(34(38)42)32-35(43)40(29(22-41)23(2)3)33-36(44)39(20-8-18-37(32,33)46-30)27-13-12-24-9-5-6-10-25(24)21-27/h5-18,21,23,29-33,41H,4,19-20,22H2,1-3H3/t29-,30-,31+,32-,33?,37-/m0/s1. The zero-order valence-electron chi connectivity index (χ0n) is 26.3. The Morgan fingerprint density at radius 1 is 0.891 bits per heavy atom. The lowest BCUT2D eigenvalue weighted by atomic mass is 9.77. The highest BCUT2D eigenvalue weighted by molar-refractivity contribution is 6.08. The Bertz CT molecular complexity index is 1730. The van der Waals surface area contributed by atoms with Crippen LogP contribution in [0, 0.1) is 17.8 Å². The smallest absolute Gasteiger partial charge is 0.253 e. The van der Waals surface area contributed by atoms with Crippen LogP contribution in [0.5, 0.6) is 5.75 Å². The first-order valence-electron chi connectivity index (χ1n) is 16.1. The molecule has 9 nitrogen and oxygen atoms in total. The summed E-state index contributed by atoms with van der Waals surface area (Å²) in [5.74, 6) is -2.15. The van der Waals surface area contributed by atoms with Crippen molar-refractivity contribution in [3.8, 4) is 5.75 Å². The first kappa shape index (κ1) is 30.2. The minimum Gasteiger partial charge on any atom is -0.494 e. The van der Waals surface area contributed by atoms with Crippen LogP contribution in [0.15, 0.2) is 91.0 Å². The number of fused-ring (bicyclic) bond motifs is 3. The molecule has 0 saturated carbocycles. The number of carbonyl (C=O) groups excluding carboxylic acids is 3. The van der Waals surface area contributed by atoms with Gasteiger partial charge in [0.05, 0.1) is 37.2 Å². The van der Waals surface area contributed by atoms with E-state index in [9.17, 15) is 19.5 Å². The van der Waals surface area contributed by atoms with Crippen LogP contribution in [0.2, 0.25) is 0 Å². The number of amides is 3. The summed E-state index contributed by atoms with van der Waals surface area (Å²) in [5.41, 5.74) is -0.000624. The largest absolute Gasteiger partial charge is 0.494 e. The minimum atomic E-state index is -1.39. The van der Waals surface area contributed by atoms with Crippen LogP contribution in [0.4, 0.5) is 11.4 Å². The van der Waals surface area contributed by atoms with Crippen molar-refractivity contribution in [2.24, 2.45) is 17.8 Å². The Balaban J connectivity index is 1.31. The quantitative estimate of drug-likeness (QED) is 0.394. The highest BCUT2D eigenvalue weighted by Crippen LogP contribution is 2.54. The SMILES string of the molecule is CCOc1ccc(N2CC=C[C@@H]3O[C@]45C=CCN(c6ccc7ccccc7c6)C(=O)C4N([C@@H](CO)C(C)C)C(=O)[C@@H]5[C@@H]3C2=O)cc1. The molecule has 4 aliphatic rings. The van der Waals surface area contributed by atoms with Crippen molar-refractivity contribution < 1.29 is 29.0 Å². The predicted molar refractivity (Wildman–Crippen MR) is 175 cm³/mol. The molecule has 0 radical (unpaired) electrons. The molecule has 0 bridgehead atoms. The van der Waals surface area contributed by atoms with E-state index in [4.69, 9.17) is 9.47 Å². The molecule has 6 atom stereocenters. The van der Waals surface area contributed by atoms with Gasteiger partial charge in [-0.1, -0.05) is 68.5 Å². The number of likely N-dealkylation sites (tertiary alicyclic amines) is 1. The molecule has 2 saturated heterocycles. The Labute approximate surface area is 268 Å². The Morgan fingerprint density at radius 3 is 2.30 bits per heavy atom. The van der Waals surface area contributed by atoms with Crippen LogP contribution in [-0.4, -0.2) is 77.8 Å². The third-order valence-electron chi connectivity index (χ3n) is 9.91. The van der Waals surface area contributed by atoms with Crippen LogP contribution in [0.3, 0.4) is 0 Å². The second kappa shape index (κ2) is 11.7. The molecule has 0 aromatic heterocycles. The van der Waals surface area contributed by atoms with E-state index in [-0.39, 0.29) is 36.8 Å². The zero-order valence-corrected chi connectivity index (χ0v) is 26.3. The number of nitrogens with zero attached hydrogens (tertiary/aromatic N) is 3. The molecule has 3 aromatic rings. The summed E-state index contributed by atoms with van der Waals surface area (Å²) >= 11 is 0. The molecule has 9 heteroatoms.